The number of nitrogens with zero attached hydrogens (tertiary/aromatic N) is 1. The second-order valence-corrected chi connectivity index (χ2v) is 3.54. The van der Waals surface area contributed by atoms with E-state index < -0.39 is 5.82 Å². The van der Waals surface area contributed by atoms with Crippen molar-refractivity contribution in [3.8, 4) is 17.2 Å². The average molecular weight is 237 g/mol. The summed E-state index contributed by atoms with van der Waals surface area (Å²) in [6.45, 7) is 0. The highest BCUT2D eigenvalue weighted by atomic mass is 35.5. The fraction of sp³-hybridized carbons (Fsp3) is 0. The summed E-state index contributed by atoms with van der Waals surface area (Å²) in [5, 5.41) is 8.86. The topological polar surface area (TPSA) is 63.0 Å². The zero-order valence-corrected chi connectivity index (χ0v) is 8.75. The van der Waals surface area contributed by atoms with Crippen molar-refractivity contribution in [3.05, 3.63) is 40.9 Å². The highest BCUT2D eigenvalue weighted by Gasteiger charge is 2.13. The molecule has 1 aromatic heterocycles. The number of halogens is 2. The van der Waals surface area contributed by atoms with Crippen molar-refractivity contribution in [1.82, 2.24) is 0 Å². The largest absolute Gasteiger partial charge is 0.447 e. The first-order chi connectivity index (χ1) is 7.63. The molecule has 16 heavy (non-hydrogen) atoms. The molecule has 3 nitrogen and oxygen atoms in total. The molecule has 0 saturated heterocycles. The number of benzene rings is 1. The third-order valence-electron chi connectivity index (χ3n) is 2.16. The molecule has 5 heteroatoms. The molecule has 0 aliphatic heterocycles. The number of nitriles is 1. The lowest BCUT2D eigenvalue weighted by Crippen LogP contribution is -1.86. The molecular formula is C11H6ClFN2O. The van der Waals surface area contributed by atoms with E-state index in [1.807, 2.05) is 6.07 Å². The number of hydrogen-bond donors (Lipinski definition) is 1. The maximum absolute atomic E-state index is 13.0. The predicted octanol–water partition coefficient (Wildman–Crippen LogP) is 3.19. The van der Waals surface area contributed by atoms with Crippen molar-refractivity contribution in [2.24, 2.45) is 0 Å². The summed E-state index contributed by atoms with van der Waals surface area (Å²) < 4.78 is 17.9. The normalized spacial score (nSPS) is 10.1. The van der Waals surface area contributed by atoms with Gasteiger partial charge in [0.1, 0.15) is 23.7 Å². The molecule has 2 rings (SSSR count). The fourth-order valence-electron chi connectivity index (χ4n) is 1.36. The maximum Gasteiger partial charge on any atom is 0.208 e. The van der Waals surface area contributed by atoms with E-state index in [-0.39, 0.29) is 16.5 Å². The fourth-order valence-corrected chi connectivity index (χ4v) is 1.54. The second kappa shape index (κ2) is 3.87. The van der Waals surface area contributed by atoms with Gasteiger partial charge >= 0.3 is 0 Å². The van der Waals surface area contributed by atoms with E-state index in [1.165, 1.54) is 24.5 Å². The molecule has 1 aromatic carbocycles. The smallest absolute Gasteiger partial charge is 0.208 e. The zero-order chi connectivity index (χ0) is 11.7. The molecule has 2 aromatic rings. The standard InChI is InChI=1S/C11H6ClFN2O/c12-9-3-6(1-2-10(9)13)8-5-16-11(15)7(8)4-14/h1-3,5H,15H2. The van der Waals surface area contributed by atoms with E-state index in [1.54, 1.807) is 0 Å². The van der Waals surface area contributed by atoms with Crippen LogP contribution in [0.15, 0.2) is 28.9 Å². The number of nitrogens with two attached hydrogens (primary N) is 1. The molecule has 0 radical (unpaired) electrons. The van der Waals surface area contributed by atoms with Gasteiger partial charge in [-0.15, -0.1) is 0 Å². The Morgan fingerprint density at radius 3 is 2.81 bits per heavy atom. The van der Waals surface area contributed by atoms with Gasteiger partial charge in [0.15, 0.2) is 0 Å². The molecule has 0 aliphatic rings. The van der Waals surface area contributed by atoms with E-state index >= 15 is 0 Å². The van der Waals surface area contributed by atoms with Crippen LogP contribution in [0.25, 0.3) is 11.1 Å². The summed E-state index contributed by atoms with van der Waals surface area (Å²) in [5.74, 6) is -0.474. The van der Waals surface area contributed by atoms with Gasteiger partial charge in [-0.1, -0.05) is 17.7 Å². The van der Waals surface area contributed by atoms with E-state index in [0.29, 0.717) is 11.1 Å². The third kappa shape index (κ3) is 1.62. The van der Waals surface area contributed by atoms with Crippen molar-refractivity contribution in [3.63, 3.8) is 0 Å². The van der Waals surface area contributed by atoms with Gasteiger partial charge in [0.25, 0.3) is 0 Å². The minimum absolute atomic E-state index is 0.0128. The molecule has 2 N–H and O–H groups in total. The van der Waals surface area contributed by atoms with E-state index in [2.05, 4.69) is 0 Å². The Kier molecular flexibility index (Phi) is 2.55. The lowest BCUT2D eigenvalue weighted by atomic mass is 10.1. The third-order valence-corrected chi connectivity index (χ3v) is 2.45. The SMILES string of the molecule is N#Cc1c(-c2ccc(F)c(Cl)c2)coc1N. The molecule has 0 bridgehead atoms. The molecule has 80 valence electrons. The Morgan fingerprint density at radius 1 is 1.44 bits per heavy atom. The van der Waals surface area contributed by atoms with E-state index in [0.717, 1.165) is 0 Å². The highest BCUT2D eigenvalue weighted by molar-refractivity contribution is 6.31. The van der Waals surface area contributed by atoms with Crippen LogP contribution >= 0.6 is 11.6 Å². The Morgan fingerprint density at radius 2 is 2.19 bits per heavy atom. The summed E-state index contributed by atoms with van der Waals surface area (Å²) in [4.78, 5) is 0. The number of rotatable bonds is 1. The Bertz CT molecular complexity index is 586. The maximum atomic E-state index is 13.0. The van der Waals surface area contributed by atoms with Crippen LogP contribution in [0.4, 0.5) is 10.3 Å². The number of anilines is 1. The monoisotopic (exact) mass is 236 g/mol. The summed E-state index contributed by atoms with van der Waals surface area (Å²) in [5.41, 5.74) is 6.77. The highest BCUT2D eigenvalue weighted by Crippen LogP contribution is 2.31. The number of furan rings is 1. The molecule has 1 heterocycles. The lowest BCUT2D eigenvalue weighted by Gasteiger charge is -1.99. The van der Waals surface area contributed by atoms with Crippen molar-refractivity contribution in [2.75, 3.05) is 5.73 Å². The molecule has 0 amide bonds. The van der Waals surface area contributed by atoms with Crippen LogP contribution in [0.5, 0.6) is 0 Å². The van der Waals surface area contributed by atoms with Crippen LogP contribution in [0, 0.1) is 17.1 Å². The van der Waals surface area contributed by atoms with Crippen molar-refractivity contribution in [2.45, 2.75) is 0 Å². The first kappa shape index (κ1) is 10.5. The van der Waals surface area contributed by atoms with Gasteiger partial charge < -0.3 is 10.2 Å². The van der Waals surface area contributed by atoms with Gasteiger partial charge in [-0.3, -0.25) is 0 Å². The molecule has 0 spiro atoms. The van der Waals surface area contributed by atoms with E-state index in [4.69, 9.17) is 27.0 Å². The lowest BCUT2D eigenvalue weighted by molar-refractivity contribution is 0.588. The van der Waals surface area contributed by atoms with Crippen LogP contribution < -0.4 is 5.73 Å². The molecule has 0 aliphatic carbocycles. The van der Waals surface area contributed by atoms with Crippen LogP contribution in [0.2, 0.25) is 5.02 Å². The zero-order valence-electron chi connectivity index (χ0n) is 8.00. The summed E-state index contributed by atoms with van der Waals surface area (Å²) in [6.07, 6.45) is 1.34. The summed E-state index contributed by atoms with van der Waals surface area (Å²) in [7, 11) is 0. The van der Waals surface area contributed by atoms with Crippen molar-refractivity contribution in [1.29, 1.82) is 5.26 Å². The van der Waals surface area contributed by atoms with Gasteiger partial charge in [0.05, 0.1) is 5.02 Å². The van der Waals surface area contributed by atoms with Crippen LogP contribution in [-0.4, -0.2) is 0 Å². The first-order valence-electron chi connectivity index (χ1n) is 4.36. The Hall–Kier alpha value is -1.99. The van der Waals surface area contributed by atoms with Crippen LogP contribution in [0.1, 0.15) is 5.56 Å². The van der Waals surface area contributed by atoms with Gasteiger partial charge in [0, 0.05) is 5.56 Å². The number of nitrogen functional groups attached to an aromatic ring is 1. The summed E-state index contributed by atoms with van der Waals surface area (Å²) in [6, 6.07) is 6.07. The van der Waals surface area contributed by atoms with E-state index in [9.17, 15) is 4.39 Å². The minimum atomic E-state index is -0.514. The van der Waals surface area contributed by atoms with Gasteiger partial charge in [-0.05, 0) is 17.7 Å². The predicted molar refractivity (Wildman–Crippen MR) is 58.2 cm³/mol. The molecular weight excluding hydrogens is 231 g/mol. The van der Waals surface area contributed by atoms with Crippen molar-refractivity contribution < 1.29 is 8.81 Å². The first-order valence-corrected chi connectivity index (χ1v) is 4.73. The molecule has 0 saturated carbocycles. The quantitative estimate of drug-likeness (QED) is 0.827. The molecule has 0 atom stereocenters. The van der Waals surface area contributed by atoms with Crippen molar-refractivity contribution >= 4 is 17.5 Å². The molecule has 0 fully saturated rings. The van der Waals surface area contributed by atoms with Gasteiger partial charge in [-0.25, -0.2) is 4.39 Å². The Balaban J connectivity index is 2.60. The molecule has 0 unspecified atom stereocenters. The average Bonchev–Trinajstić information content (AvgIpc) is 2.63. The number of hydrogen-bond acceptors (Lipinski definition) is 3. The van der Waals surface area contributed by atoms with Crippen LogP contribution in [0.3, 0.4) is 0 Å². The van der Waals surface area contributed by atoms with Gasteiger partial charge in [-0.2, -0.15) is 5.26 Å². The van der Waals surface area contributed by atoms with Gasteiger partial charge in [0.2, 0.25) is 5.88 Å². The van der Waals surface area contributed by atoms with Crippen LogP contribution in [-0.2, 0) is 0 Å². The second-order valence-electron chi connectivity index (χ2n) is 3.13. The minimum Gasteiger partial charge on any atom is -0.447 e. The summed E-state index contributed by atoms with van der Waals surface area (Å²) >= 11 is 5.65. The Labute approximate surface area is 95.8 Å².